The van der Waals surface area contributed by atoms with E-state index >= 15 is 0 Å². The van der Waals surface area contributed by atoms with E-state index in [2.05, 4.69) is 20.0 Å². The van der Waals surface area contributed by atoms with Crippen LogP contribution < -0.4 is 10.3 Å². The number of hydrazone groups is 1. The maximum absolute atomic E-state index is 13.7. The molecule has 0 amide bonds. The summed E-state index contributed by atoms with van der Waals surface area (Å²) in [6.45, 7) is 6.82. The van der Waals surface area contributed by atoms with Crippen LogP contribution in [0.3, 0.4) is 0 Å². The highest BCUT2D eigenvalue weighted by Crippen LogP contribution is 2.37. The molecule has 4 heterocycles. The molecule has 0 spiro atoms. The molecule has 2 aromatic carbocycles. The highest BCUT2D eigenvalue weighted by atomic mass is 32.1. The van der Waals surface area contributed by atoms with E-state index < -0.39 is 5.60 Å². The topological polar surface area (TPSA) is 87.8 Å². The van der Waals surface area contributed by atoms with E-state index in [0.29, 0.717) is 25.7 Å². The van der Waals surface area contributed by atoms with Crippen molar-refractivity contribution >= 4 is 50.4 Å². The van der Waals surface area contributed by atoms with Crippen LogP contribution in [0.25, 0.3) is 21.1 Å². The molecular formula is C29H29FN6O2S. The van der Waals surface area contributed by atoms with Crippen molar-refractivity contribution in [2.45, 2.75) is 26.0 Å². The van der Waals surface area contributed by atoms with Gasteiger partial charge in [-0.2, -0.15) is 10.1 Å². The second-order valence-corrected chi connectivity index (χ2v) is 11.1. The van der Waals surface area contributed by atoms with Crippen LogP contribution in [0.4, 0.5) is 16.2 Å². The SMILES string of the molecule is CC(C)(O)c1cc2nc(N/N=C/c3cn(Cc4cccc(F)c4)c4ccccc34)nc(N3CCOCC3)c2s1. The summed E-state index contributed by atoms with van der Waals surface area (Å²) in [5.41, 5.74) is 5.65. The Morgan fingerprint density at radius 2 is 1.95 bits per heavy atom. The van der Waals surface area contributed by atoms with E-state index in [4.69, 9.17) is 14.7 Å². The zero-order valence-corrected chi connectivity index (χ0v) is 22.6. The van der Waals surface area contributed by atoms with E-state index in [0.717, 1.165) is 56.0 Å². The number of hydrogen-bond acceptors (Lipinski definition) is 8. The minimum atomic E-state index is -0.973. The second-order valence-electron chi connectivity index (χ2n) is 10.1. The lowest BCUT2D eigenvalue weighted by atomic mass is 10.1. The second kappa shape index (κ2) is 10.4. The van der Waals surface area contributed by atoms with Crippen molar-refractivity contribution in [3.05, 3.63) is 82.6 Å². The highest BCUT2D eigenvalue weighted by molar-refractivity contribution is 7.19. The van der Waals surface area contributed by atoms with Gasteiger partial charge in [-0.3, -0.25) is 0 Å². The zero-order chi connectivity index (χ0) is 27.0. The van der Waals surface area contributed by atoms with Crippen molar-refractivity contribution in [1.82, 2.24) is 14.5 Å². The number of para-hydroxylation sites is 1. The van der Waals surface area contributed by atoms with Gasteiger partial charge in [0.05, 0.1) is 35.2 Å². The number of benzene rings is 2. The van der Waals surface area contributed by atoms with E-state index in [1.807, 2.05) is 42.6 Å². The van der Waals surface area contributed by atoms with Crippen LogP contribution in [0.1, 0.15) is 29.9 Å². The normalized spacial score (nSPS) is 14.6. The first-order valence-corrected chi connectivity index (χ1v) is 13.7. The molecule has 8 nitrogen and oxygen atoms in total. The first kappa shape index (κ1) is 25.4. The molecular weight excluding hydrogens is 515 g/mol. The van der Waals surface area contributed by atoms with Gasteiger partial charge >= 0.3 is 0 Å². The van der Waals surface area contributed by atoms with E-state index in [1.54, 1.807) is 32.2 Å². The molecule has 2 N–H and O–H groups in total. The predicted molar refractivity (Wildman–Crippen MR) is 154 cm³/mol. The van der Waals surface area contributed by atoms with Crippen molar-refractivity contribution < 1.29 is 14.2 Å². The van der Waals surface area contributed by atoms with E-state index in [-0.39, 0.29) is 5.82 Å². The minimum absolute atomic E-state index is 0.247. The smallest absolute Gasteiger partial charge is 0.246 e. The van der Waals surface area contributed by atoms with Gasteiger partial charge < -0.3 is 19.3 Å². The van der Waals surface area contributed by atoms with Gasteiger partial charge in [0, 0.05) is 47.2 Å². The molecule has 1 aliphatic heterocycles. The quantitative estimate of drug-likeness (QED) is 0.212. The van der Waals surface area contributed by atoms with Crippen LogP contribution in [0, 0.1) is 5.82 Å². The summed E-state index contributed by atoms with van der Waals surface area (Å²) in [6.07, 6.45) is 3.76. The van der Waals surface area contributed by atoms with E-state index in [9.17, 15) is 9.50 Å². The summed E-state index contributed by atoms with van der Waals surface area (Å²) in [6, 6.07) is 16.6. The number of thiophene rings is 1. The fourth-order valence-corrected chi connectivity index (χ4v) is 5.87. The Labute approximate surface area is 229 Å². The van der Waals surface area contributed by atoms with Crippen molar-refractivity contribution in [2.75, 3.05) is 36.6 Å². The molecule has 0 unspecified atom stereocenters. The monoisotopic (exact) mass is 544 g/mol. The van der Waals surface area contributed by atoms with Crippen LogP contribution in [0.5, 0.6) is 0 Å². The number of hydrogen-bond donors (Lipinski definition) is 2. The molecule has 200 valence electrons. The first-order chi connectivity index (χ1) is 18.8. The molecule has 39 heavy (non-hydrogen) atoms. The maximum atomic E-state index is 13.7. The fourth-order valence-electron chi connectivity index (χ4n) is 4.76. The van der Waals surface area contributed by atoms with Crippen LogP contribution in [0.15, 0.2) is 65.9 Å². The van der Waals surface area contributed by atoms with Gasteiger partial charge in [0.25, 0.3) is 0 Å². The Bertz CT molecular complexity index is 1670. The van der Waals surface area contributed by atoms with Crippen LogP contribution in [-0.2, 0) is 16.9 Å². The summed E-state index contributed by atoms with van der Waals surface area (Å²) in [5.74, 6) is 0.945. The molecule has 5 aromatic rings. The van der Waals surface area contributed by atoms with E-state index in [1.165, 1.54) is 17.4 Å². The Morgan fingerprint density at radius 3 is 2.74 bits per heavy atom. The van der Waals surface area contributed by atoms with Crippen molar-refractivity contribution in [2.24, 2.45) is 5.10 Å². The van der Waals surface area contributed by atoms with Crippen LogP contribution in [0.2, 0.25) is 0 Å². The number of halogens is 1. The average Bonchev–Trinajstić information content (AvgIpc) is 3.51. The molecule has 3 aromatic heterocycles. The Kier molecular flexibility index (Phi) is 6.76. The lowest BCUT2D eigenvalue weighted by molar-refractivity contribution is 0.0826. The molecule has 0 saturated carbocycles. The molecule has 1 saturated heterocycles. The minimum Gasteiger partial charge on any atom is -0.385 e. The predicted octanol–water partition coefficient (Wildman–Crippen LogP) is 5.34. The van der Waals surface area contributed by atoms with Gasteiger partial charge in [0.15, 0.2) is 5.82 Å². The lowest BCUT2D eigenvalue weighted by Crippen LogP contribution is -2.36. The molecule has 0 aliphatic carbocycles. The van der Waals surface area contributed by atoms with Gasteiger partial charge in [0.2, 0.25) is 5.95 Å². The Morgan fingerprint density at radius 1 is 1.13 bits per heavy atom. The van der Waals surface area contributed by atoms with Crippen molar-refractivity contribution in [1.29, 1.82) is 0 Å². The highest BCUT2D eigenvalue weighted by Gasteiger charge is 2.24. The number of nitrogens with one attached hydrogen (secondary N) is 1. The lowest BCUT2D eigenvalue weighted by Gasteiger charge is -2.28. The number of aliphatic hydroxyl groups is 1. The summed E-state index contributed by atoms with van der Waals surface area (Å²) in [7, 11) is 0. The number of nitrogens with zero attached hydrogens (tertiary/aromatic N) is 5. The summed E-state index contributed by atoms with van der Waals surface area (Å²) in [4.78, 5) is 12.5. The number of morpholine rings is 1. The molecule has 0 atom stereocenters. The summed E-state index contributed by atoms with van der Waals surface area (Å²) < 4.78 is 22.3. The molecule has 6 rings (SSSR count). The molecule has 10 heteroatoms. The van der Waals surface area contributed by atoms with Gasteiger partial charge in [0.1, 0.15) is 5.82 Å². The molecule has 0 bridgehead atoms. The number of anilines is 2. The fraction of sp³-hybridized carbons (Fsp3) is 0.276. The van der Waals surface area contributed by atoms with Crippen molar-refractivity contribution in [3.63, 3.8) is 0 Å². The Hall–Kier alpha value is -3.86. The number of rotatable bonds is 7. The zero-order valence-electron chi connectivity index (χ0n) is 21.8. The molecule has 1 fully saturated rings. The first-order valence-electron chi connectivity index (χ1n) is 12.8. The summed E-state index contributed by atoms with van der Waals surface area (Å²) in [5, 5.41) is 16.1. The van der Waals surface area contributed by atoms with Crippen LogP contribution >= 0.6 is 11.3 Å². The van der Waals surface area contributed by atoms with Crippen molar-refractivity contribution in [3.8, 4) is 0 Å². The van der Waals surface area contributed by atoms with Gasteiger partial charge in [-0.05, 0) is 43.7 Å². The van der Waals surface area contributed by atoms with Gasteiger partial charge in [-0.15, -0.1) is 11.3 Å². The third-order valence-electron chi connectivity index (χ3n) is 6.70. The number of fused-ring (bicyclic) bond motifs is 2. The largest absolute Gasteiger partial charge is 0.385 e. The standard InChI is InChI=1S/C29H29FN6O2S/c1-29(2,37)25-15-23-26(39-25)27(35-10-12-38-13-11-35)33-28(32-23)34-31-16-20-18-36(24-9-4-3-8-22(20)24)17-19-6-5-7-21(30)14-19/h3-9,14-16,18,37H,10-13,17H2,1-2H3,(H,32,33,34)/b31-16+. The number of ether oxygens (including phenoxy) is 1. The van der Waals surface area contributed by atoms with Gasteiger partial charge in [-0.25, -0.2) is 14.8 Å². The van der Waals surface area contributed by atoms with Gasteiger partial charge in [-0.1, -0.05) is 30.3 Å². The Balaban J connectivity index is 1.31. The third-order valence-corrected chi connectivity index (χ3v) is 8.13. The number of aromatic nitrogens is 3. The maximum Gasteiger partial charge on any atom is 0.246 e. The molecule has 0 radical (unpaired) electrons. The third kappa shape index (κ3) is 5.36. The molecule has 1 aliphatic rings. The van der Waals surface area contributed by atoms with Crippen LogP contribution in [-0.4, -0.2) is 52.2 Å². The average molecular weight is 545 g/mol. The summed E-state index contributed by atoms with van der Waals surface area (Å²) >= 11 is 1.51.